The number of likely N-dealkylation sites (N-methyl/N-ethyl adjacent to an activating group) is 1. The summed E-state index contributed by atoms with van der Waals surface area (Å²) in [7, 11) is 1.89. The predicted molar refractivity (Wildman–Crippen MR) is 81.7 cm³/mol. The van der Waals surface area contributed by atoms with Gasteiger partial charge in [-0.1, -0.05) is 30.3 Å². The Labute approximate surface area is 124 Å². The van der Waals surface area contributed by atoms with Crippen molar-refractivity contribution in [1.29, 1.82) is 0 Å². The van der Waals surface area contributed by atoms with Gasteiger partial charge in [0, 0.05) is 12.1 Å². The molecule has 21 heavy (non-hydrogen) atoms. The number of carbonyl (C=O) groups excluding carboxylic acids is 1. The fourth-order valence-corrected chi connectivity index (χ4v) is 2.08. The van der Waals surface area contributed by atoms with E-state index < -0.39 is 0 Å². The van der Waals surface area contributed by atoms with Crippen molar-refractivity contribution >= 4 is 5.78 Å². The molecule has 4 nitrogen and oxygen atoms in total. The van der Waals surface area contributed by atoms with Gasteiger partial charge in [0.2, 0.25) is 0 Å². The minimum Gasteiger partial charge on any atom is -0.504 e. The molecule has 2 N–H and O–H groups in total. The van der Waals surface area contributed by atoms with Crippen LogP contribution in [0.3, 0.4) is 0 Å². The van der Waals surface area contributed by atoms with E-state index in [4.69, 9.17) is 0 Å². The Morgan fingerprint density at radius 2 is 1.76 bits per heavy atom. The molecule has 110 valence electrons. The van der Waals surface area contributed by atoms with Crippen LogP contribution in [0.25, 0.3) is 0 Å². The van der Waals surface area contributed by atoms with E-state index >= 15 is 0 Å². The molecule has 0 aromatic heterocycles. The molecule has 0 bridgehead atoms. The van der Waals surface area contributed by atoms with Gasteiger partial charge in [-0.05, 0) is 37.2 Å². The Balaban J connectivity index is 1.88. The molecule has 2 rings (SSSR count). The van der Waals surface area contributed by atoms with Gasteiger partial charge in [-0.3, -0.25) is 9.69 Å². The number of phenols is 2. The highest BCUT2D eigenvalue weighted by Crippen LogP contribution is 2.25. The summed E-state index contributed by atoms with van der Waals surface area (Å²) in [5.41, 5.74) is 1.64. The van der Waals surface area contributed by atoms with Gasteiger partial charge in [0.1, 0.15) is 0 Å². The third kappa shape index (κ3) is 4.33. The maximum absolute atomic E-state index is 12.1. The number of phenolic OH excluding ortho intramolecular Hbond substituents is 2. The molecule has 2 aromatic rings. The van der Waals surface area contributed by atoms with Crippen LogP contribution >= 0.6 is 0 Å². The van der Waals surface area contributed by atoms with Gasteiger partial charge >= 0.3 is 0 Å². The smallest absolute Gasteiger partial charge is 0.176 e. The van der Waals surface area contributed by atoms with Crippen molar-refractivity contribution in [2.24, 2.45) is 0 Å². The molecule has 0 heterocycles. The number of Topliss-reactive ketones (excluding diaryl/α,β-unsaturated/α-hetero) is 1. The summed E-state index contributed by atoms with van der Waals surface area (Å²) in [6.07, 6.45) is 0.880. The van der Waals surface area contributed by atoms with Gasteiger partial charge in [0.15, 0.2) is 17.3 Å². The van der Waals surface area contributed by atoms with Crippen LogP contribution in [0, 0.1) is 0 Å². The molecular formula is C17H19NO3. The fraction of sp³-hybridized carbons (Fsp3) is 0.235. The first-order valence-electron chi connectivity index (χ1n) is 6.84. The van der Waals surface area contributed by atoms with Gasteiger partial charge in [-0.2, -0.15) is 0 Å². The van der Waals surface area contributed by atoms with E-state index in [1.165, 1.54) is 23.8 Å². The lowest BCUT2D eigenvalue weighted by atomic mass is 10.1. The summed E-state index contributed by atoms with van der Waals surface area (Å²) in [5, 5.41) is 18.7. The lowest BCUT2D eigenvalue weighted by Gasteiger charge is -2.15. The Hall–Kier alpha value is -2.33. The van der Waals surface area contributed by atoms with Gasteiger partial charge < -0.3 is 10.2 Å². The van der Waals surface area contributed by atoms with Crippen LogP contribution in [0.4, 0.5) is 0 Å². The Morgan fingerprint density at radius 3 is 2.43 bits per heavy atom. The standard InChI is InChI=1S/C17H19NO3/c1-18(10-9-13-5-3-2-4-6-13)12-17(21)14-7-8-15(19)16(20)11-14/h2-8,11,19-20H,9-10,12H2,1H3. The van der Waals surface area contributed by atoms with Crippen molar-refractivity contribution in [2.45, 2.75) is 6.42 Å². The molecule has 0 aliphatic carbocycles. The van der Waals surface area contributed by atoms with Gasteiger partial charge in [0.25, 0.3) is 0 Å². The Kier molecular flexibility index (Phi) is 4.95. The second-order valence-electron chi connectivity index (χ2n) is 5.10. The lowest BCUT2D eigenvalue weighted by Crippen LogP contribution is -2.28. The van der Waals surface area contributed by atoms with Crippen LogP contribution in [0.1, 0.15) is 15.9 Å². The first kappa shape index (κ1) is 15.1. The average molecular weight is 285 g/mol. The minimum atomic E-state index is -0.271. The molecule has 0 atom stereocenters. The van der Waals surface area contributed by atoms with Crippen molar-refractivity contribution < 1.29 is 15.0 Å². The van der Waals surface area contributed by atoms with Crippen molar-refractivity contribution in [1.82, 2.24) is 4.90 Å². The van der Waals surface area contributed by atoms with Crippen LogP contribution < -0.4 is 0 Å². The zero-order chi connectivity index (χ0) is 15.2. The number of ketones is 1. The van der Waals surface area contributed by atoms with Crippen molar-refractivity contribution in [3.8, 4) is 11.5 Å². The molecule has 0 amide bonds. The first-order valence-corrected chi connectivity index (χ1v) is 6.84. The highest BCUT2D eigenvalue weighted by Gasteiger charge is 2.11. The van der Waals surface area contributed by atoms with Crippen molar-refractivity contribution in [3.63, 3.8) is 0 Å². The average Bonchev–Trinajstić information content (AvgIpc) is 2.49. The molecule has 0 aliphatic rings. The van der Waals surface area contributed by atoms with E-state index in [0.29, 0.717) is 5.56 Å². The Bertz CT molecular complexity index is 611. The maximum Gasteiger partial charge on any atom is 0.176 e. The molecule has 0 radical (unpaired) electrons. The first-order chi connectivity index (χ1) is 10.1. The number of nitrogens with zero attached hydrogens (tertiary/aromatic N) is 1. The predicted octanol–water partition coefficient (Wildman–Crippen LogP) is 2.46. The number of hydrogen-bond acceptors (Lipinski definition) is 4. The largest absolute Gasteiger partial charge is 0.504 e. The minimum absolute atomic E-state index is 0.0825. The summed E-state index contributed by atoms with van der Waals surface area (Å²) in [4.78, 5) is 14.0. The van der Waals surface area contributed by atoms with E-state index in [1.54, 1.807) is 0 Å². The lowest BCUT2D eigenvalue weighted by molar-refractivity contribution is 0.0946. The third-order valence-electron chi connectivity index (χ3n) is 3.34. The van der Waals surface area contributed by atoms with Crippen LogP contribution in [0.2, 0.25) is 0 Å². The van der Waals surface area contributed by atoms with Crippen molar-refractivity contribution in [2.75, 3.05) is 20.1 Å². The van der Waals surface area contributed by atoms with E-state index in [2.05, 4.69) is 12.1 Å². The Morgan fingerprint density at radius 1 is 1.05 bits per heavy atom. The van der Waals surface area contributed by atoms with Crippen LogP contribution in [-0.4, -0.2) is 41.0 Å². The summed E-state index contributed by atoms with van der Waals surface area (Å²) in [5.74, 6) is -0.572. The summed E-state index contributed by atoms with van der Waals surface area (Å²) >= 11 is 0. The maximum atomic E-state index is 12.1. The number of aromatic hydroxyl groups is 2. The SMILES string of the molecule is CN(CCc1ccccc1)CC(=O)c1ccc(O)c(O)c1. The molecule has 0 saturated heterocycles. The van der Waals surface area contributed by atoms with Gasteiger partial charge in [-0.15, -0.1) is 0 Å². The quantitative estimate of drug-likeness (QED) is 0.632. The number of hydrogen-bond donors (Lipinski definition) is 2. The fourth-order valence-electron chi connectivity index (χ4n) is 2.08. The van der Waals surface area contributed by atoms with Crippen LogP contribution in [0.15, 0.2) is 48.5 Å². The molecule has 0 spiro atoms. The molecule has 0 fully saturated rings. The second-order valence-corrected chi connectivity index (χ2v) is 5.10. The summed E-state index contributed by atoms with van der Waals surface area (Å²) < 4.78 is 0. The molecular weight excluding hydrogens is 266 g/mol. The van der Waals surface area contributed by atoms with E-state index in [-0.39, 0.29) is 23.8 Å². The molecule has 0 unspecified atom stereocenters. The molecule has 0 saturated carbocycles. The second kappa shape index (κ2) is 6.90. The highest BCUT2D eigenvalue weighted by atomic mass is 16.3. The zero-order valence-corrected chi connectivity index (χ0v) is 12.0. The zero-order valence-electron chi connectivity index (χ0n) is 12.0. The van der Waals surface area contributed by atoms with Gasteiger partial charge in [0.05, 0.1) is 6.54 Å². The normalized spacial score (nSPS) is 10.8. The molecule has 0 aliphatic heterocycles. The number of carbonyl (C=O) groups is 1. The molecule has 2 aromatic carbocycles. The van der Waals surface area contributed by atoms with Crippen molar-refractivity contribution in [3.05, 3.63) is 59.7 Å². The highest BCUT2D eigenvalue weighted by molar-refractivity contribution is 5.98. The number of benzene rings is 2. The topological polar surface area (TPSA) is 60.8 Å². The summed E-state index contributed by atoms with van der Waals surface area (Å²) in [6.45, 7) is 1.05. The monoisotopic (exact) mass is 285 g/mol. The van der Waals surface area contributed by atoms with Crippen LogP contribution in [0.5, 0.6) is 11.5 Å². The number of rotatable bonds is 6. The van der Waals surface area contributed by atoms with Crippen LogP contribution in [-0.2, 0) is 6.42 Å². The third-order valence-corrected chi connectivity index (χ3v) is 3.34. The van der Waals surface area contributed by atoms with E-state index in [0.717, 1.165) is 13.0 Å². The van der Waals surface area contributed by atoms with Gasteiger partial charge in [-0.25, -0.2) is 0 Å². The van der Waals surface area contributed by atoms with E-state index in [1.807, 2.05) is 30.1 Å². The molecule has 4 heteroatoms. The van der Waals surface area contributed by atoms with E-state index in [9.17, 15) is 15.0 Å². The summed E-state index contributed by atoms with van der Waals surface area (Å²) in [6, 6.07) is 14.2.